The molecule has 7 nitrogen and oxygen atoms in total. The fourth-order valence-corrected chi connectivity index (χ4v) is 2.07. The fraction of sp³-hybridized carbons (Fsp3) is 0.500. The molecular formula is C12H15N5O2. The Morgan fingerprint density at radius 1 is 1.58 bits per heavy atom. The Morgan fingerprint density at radius 3 is 3.00 bits per heavy atom. The van der Waals surface area contributed by atoms with Crippen molar-refractivity contribution in [2.45, 2.75) is 25.8 Å². The fourth-order valence-electron chi connectivity index (χ4n) is 2.07. The molecule has 1 amide bonds. The summed E-state index contributed by atoms with van der Waals surface area (Å²) in [6, 6.07) is 2.03. The molecular weight excluding hydrogens is 246 g/mol. The van der Waals surface area contributed by atoms with Crippen molar-refractivity contribution < 1.29 is 9.90 Å². The molecule has 0 spiro atoms. The smallest absolute Gasteiger partial charge is 0.293 e. The van der Waals surface area contributed by atoms with E-state index in [2.05, 4.69) is 15.1 Å². The molecule has 0 aromatic carbocycles. The van der Waals surface area contributed by atoms with E-state index in [1.54, 1.807) is 15.6 Å². The van der Waals surface area contributed by atoms with Crippen LogP contribution in [0.4, 0.5) is 0 Å². The van der Waals surface area contributed by atoms with Crippen LogP contribution in [0.2, 0.25) is 0 Å². The maximum absolute atomic E-state index is 12.3. The number of rotatable bonds is 4. The van der Waals surface area contributed by atoms with Crippen molar-refractivity contribution in [3.05, 3.63) is 23.8 Å². The van der Waals surface area contributed by atoms with Crippen LogP contribution in [0.1, 0.15) is 29.2 Å². The number of hydrogen-bond donors (Lipinski definition) is 1. The summed E-state index contributed by atoms with van der Waals surface area (Å²) in [6.45, 7) is 2.16. The van der Waals surface area contributed by atoms with Gasteiger partial charge in [0.25, 0.3) is 11.7 Å². The second-order valence-electron chi connectivity index (χ2n) is 4.69. The van der Waals surface area contributed by atoms with Gasteiger partial charge in [0.2, 0.25) is 5.82 Å². The molecule has 2 aromatic rings. The third-order valence-electron chi connectivity index (χ3n) is 3.21. The van der Waals surface area contributed by atoms with Gasteiger partial charge >= 0.3 is 0 Å². The monoisotopic (exact) mass is 261 g/mol. The van der Waals surface area contributed by atoms with Crippen molar-refractivity contribution in [1.29, 1.82) is 0 Å². The van der Waals surface area contributed by atoms with Gasteiger partial charge in [-0.05, 0) is 25.8 Å². The lowest BCUT2D eigenvalue weighted by Gasteiger charge is -2.19. The van der Waals surface area contributed by atoms with Crippen LogP contribution in [0.5, 0.6) is 0 Å². The summed E-state index contributed by atoms with van der Waals surface area (Å²) in [6.07, 6.45) is 3.60. The zero-order valence-corrected chi connectivity index (χ0v) is 10.7. The van der Waals surface area contributed by atoms with E-state index in [0.29, 0.717) is 12.3 Å². The van der Waals surface area contributed by atoms with E-state index >= 15 is 0 Å². The Labute approximate surface area is 109 Å². The van der Waals surface area contributed by atoms with Crippen LogP contribution >= 0.6 is 0 Å². The lowest BCUT2D eigenvalue weighted by Crippen LogP contribution is -2.36. The van der Waals surface area contributed by atoms with Crippen LogP contribution in [-0.4, -0.2) is 54.7 Å². The van der Waals surface area contributed by atoms with Crippen molar-refractivity contribution in [3.8, 4) is 0 Å². The normalized spacial score (nSPS) is 14.8. The van der Waals surface area contributed by atoms with Crippen molar-refractivity contribution in [2.24, 2.45) is 0 Å². The maximum atomic E-state index is 12.3. The first-order chi connectivity index (χ1) is 9.20. The largest absolute Gasteiger partial charge is 0.395 e. The second kappa shape index (κ2) is 4.58. The summed E-state index contributed by atoms with van der Waals surface area (Å²) in [7, 11) is 0. The van der Waals surface area contributed by atoms with E-state index in [1.807, 2.05) is 13.0 Å². The van der Waals surface area contributed by atoms with Crippen LogP contribution in [0.15, 0.2) is 12.3 Å². The summed E-state index contributed by atoms with van der Waals surface area (Å²) >= 11 is 0. The van der Waals surface area contributed by atoms with E-state index in [9.17, 15) is 4.79 Å². The minimum absolute atomic E-state index is 0.0487. The first-order valence-electron chi connectivity index (χ1n) is 6.31. The van der Waals surface area contributed by atoms with Crippen molar-refractivity contribution in [1.82, 2.24) is 24.5 Å². The third kappa shape index (κ3) is 2.17. The average molecular weight is 261 g/mol. The van der Waals surface area contributed by atoms with Crippen LogP contribution < -0.4 is 0 Å². The quantitative estimate of drug-likeness (QED) is 0.839. The van der Waals surface area contributed by atoms with Gasteiger partial charge in [-0.3, -0.25) is 4.79 Å². The highest BCUT2D eigenvalue weighted by molar-refractivity contribution is 5.91. The Bertz CT molecular complexity index is 620. The van der Waals surface area contributed by atoms with Crippen molar-refractivity contribution in [2.75, 3.05) is 13.2 Å². The third-order valence-corrected chi connectivity index (χ3v) is 3.21. The van der Waals surface area contributed by atoms with Gasteiger partial charge in [0.15, 0.2) is 0 Å². The highest BCUT2D eigenvalue weighted by Crippen LogP contribution is 2.27. The number of fused-ring (bicyclic) bond motifs is 1. The minimum atomic E-state index is -0.235. The number of aromatic nitrogens is 4. The van der Waals surface area contributed by atoms with Gasteiger partial charge in [0.1, 0.15) is 0 Å². The molecule has 0 unspecified atom stereocenters. The summed E-state index contributed by atoms with van der Waals surface area (Å²) in [4.78, 5) is 22.2. The van der Waals surface area contributed by atoms with E-state index in [0.717, 1.165) is 18.5 Å². The van der Waals surface area contributed by atoms with Crippen molar-refractivity contribution >= 4 is 11.7 Å². The molecule has 100 valence electrons. The van der Waals surface area contributed by atoms with E-state index < -0.39 is 0 Å². The molecule has 2 heterocycles. The Hall–Kier alpha value is -2.02. The lowest BCUT2D eigenvalue weighted by molar-refractivity contribution is 0.0695. The number of aryl methyl sites for hydroxylation is 1. The molecule has 0 saturated heterocycles. The Kier molecular flexibility index (Phi) is 2.90. The summed E-state index contributed by atoms with van der Waals surface area (Å²) < 4.78 is 1.55. The van der Waals surface area contributed by atoms with Gasteiger partial charge in [-0.15, -0.1) is 5.10 Å². The van der Waals surface area contributed by atoms with Gasteiger partial charge < -0.3 is 10.0 Å². The van der Waals surface area contributed by atoms with E-state index in [-0.39, 0.29) is 24.4 Å². The van der Waals surface area contributed by atoms with Crippen molar-refractivity contribution in [3.63, 3.8) is 0 Å². The van der Waals surface area contributed by atoms with Crippen LogP contribution in [-0.2, 0) is 0 Å². The van der Waals surface area contributed by atoms with E-state index in [4.69, 9.17) is 5.11 Å². The second-order valence-corrected chi connectivity index (χ2v) is 4.69. The maximum Gasteiger partial charge on any atom is 0.293 e. The number of aliphatic hydroxyl groups excluding tert-OH is 1. The molecule has 7 heteroatoms. The highest BCUT2D eigenvalue weighted by atomic mass is 16.3. The zero-order chi connectivity index (χ0) is 13.4. The summed E-state index contributed by atoms with van der Waals surface area (Å²) in [5.41, 5.74) is 0.872. The number of carbonyl (C=O) groups is 1. The number of aliphatic hydroxyl groups is 1. The molecule has 0 aliphatic heterocycles. The summed E-state index contributed by atoms with van der Waals surface area (Å²) in [5, 5.41) is 13.2. The first-order valence-corrected chi connectivity index (χ1v) is 6.31. The molecule has 1 fully saturated rings. The molecule has 3 rings (SSSR count). The number of carbonyl (C=O) groups excluding carboxylic acids is 1. The van der Waals surface area contributed by atoms with Crippen LogP contribution in [0, 0.1) is 6.92 Å². The topological polar surface area (TPSA) is 83.6 Å². The number of hydrogen-bond acceptors (Lipinski definition) is 5. The predicted octanol–water partition coefficient (Wildman–Crippen LogP) is 0.0296. The molecule has 19 heavy (non-hydrogen) atoms. The number of amides is 1. The van der Waals surface area contributed by atoms with E-state index in [1.165, 1.54) is 0 Å². The molecule has 0 radical (unpaired) electrons. The first kappa shape index (κ1) is 12.0. The van der Waals surface area contributed by atoms with Gasteiger partial charge in [0, 0.05) is 24.5 Å². The highest BCUT2D eigenvalue weighted by Gasteiger charge is 2.34. The van der Waals surface area contributed by atoms with Gasteiger partial charge in [-0.1, -0.05) is 0 Å². The summed E-state index contributed by atoms with van der Waals surface area (Å²) in [5.74, 6) is 0.326. The molecule has 1 saturated carbocycles. The standard InChI is InChI=1S/C12H15N5O2/c1-8-4-5-13-12-14-10(15-17(8)12)11(19)16(6-7-18)9-2-3-9/h4-5,9,18H,2-3,6-7H2,1H3. The van der Waals surface area contributed by atoms with Gasteiger partial charge in [-0.2, -0.15) is 4.98 Å². The molecule has 1 N–H and O–H groups in total. The number of nitrogens with zero attached hydrogens (tertiary/aromatic N) is 5. The molecule has 0 bridgehead atoms. The molecule has 2 aromatic heterocycles. The predicted molar refractivity (Wildman–Crippen MR) is 66.7 cm³/mol. The van der Waals surface area contributed by atoms with Gasteiger partial charge in [0.05, 0.1) is 6.61 Å². The van der Waals surface area contributed by atoms with Crippen LogP contribution in [0.25, 0.3) is 5.78 Å². The average Bonchev–Trinajstić information content (AvgIpc) is 3.14. The van der Waals surface area contributed by atoms with Crippen LogP contribution in [0.3, 0.4) is 0 Å². The molecule has 1 aliphatic carbocycles. The SMILES string of the molecule is Cc1ccnc2nc(C(=O)N(CCO)C3CC3)nn12. The Morgan fingerprint density at radius 2 is 2.37 bits per heavy atom. The lowest BCUT2D eigenvalue weighted by atomic mass is 10.4. The minimum Gasteiger partial charge on any atom is -0.395 e. The van der Waals surface area contributed by atoms with Gasteiger partial charge in [-0.25, -0.2) is 9.50 Å². The molecule has 0 atom stereocenters. The molecule has 1 aliphatic rings. The Balaban J connectivity index is 1.94. The zero-order valence-electron chi connectivity index (χ0n) is 10.7.